The van der Waals surface area contributed by atoms with E-state index in [1.165, 1.54) is 0 Å². The summed E-state index contributed by atoms with van der Waals surface area (Å²) in [6.07, 6.45) is 1.55. The van der Waals surface area contributed by atoms with Crippen molar-refractivity contribution >= 4 is 11.6 Å². The number of nitrogens with zero attached hydrogens (tertiary/aromatic N) is 2. The van der Waals surface area contributed by atoms with Gasteiger partial charge in [0.05, 0.1) is 16.4 Å². The summed E-state index contributed by atoms with van der Waals surface area (Å²) in [7, 11) is 1.82. The van der Waals surface area contributed by atoms with E-state index in [9.17, 15) is 4.39 Å². The van der Waals surface area contributed by atoms with Crippen molar-refractivity contribution in [1.29, 1.82) is 0 Å². The number of aryl methyl sites for hydroxylation is 2. The molecule has 0 bridgehead atoms. The van der Waals surface area contributed by atoms with Gasteiger partial charge in [0, 0.05) is 25.9 Å². The van der Waals surface area contributed by atoms with E-state index in [1.54, 1.807) is 4.68 Å². The average molecular weight is 260 g/mol. The first kappa shape index (κ1) is 12.8. The van der Waals surface area contributed by atoms with Gasteiger partial charge >= 0.3 is 0 Å². The molecule has 0 aromatic carbocycles. The van der Waals surface area contributed by atoms with Crippen LogP contribution >= 0.6 is 11.6 Å². The summed E-state index contributed by atoms with van der Waals surface area (Å²) in [5.74, 6) is 0.107. The summed E-state index contributed by atoms with van der Waals surface area (Å²) < 4.78 is 15.9. The Labute approximate surface area is 106 Å². The normalized spacial score (nSPS) is 22.7. The Kier molecular flexibility index (Phi) is 4.05. The third-order valence-corrected chi connectivity index (χ3v) is 3.99. The lowest BCUT2D eigenvalue weighted by molar-refractivity contribution is 0.189. The Hall–Kier alpha value is -0.610. The van der Waals surface area contributed by atoms with Gasteiger partial charge in [-0.3, -0.25) is 4.68 Å². The molecule has 1 saturated heterocycles. The number of alkyl halides is 1. The molecule has 2 heterocycles. The predicted molar refractivity (Wildman–Crippen MR) is 67.1 cm³/mol. The highest BCUT2D eigenvalue weighted by molar-refractivity contribution is 6.31. The SMILES string of the molecule is Cc1nn(C)c(CC(F)C2CCCNC2)c1Cl. The van der Waals surface area contributed by atoms with Crippen LogP contribution in [0, 0.1) is 12.8 Å². The molecule has 2 rings (SSSR count). The fourth-order valence-corrected chi connectivity index (χ4v) is 2.68. The lowest BCUT2D eigenvalue weighted by Crippen LogP contribution is -2.36. The second-order valence-electron chi connectivity index (χ2n) is 4.80. The monoisotopic (exact) mass is 259 g/mol. The van der Waals surface area contributed by atoms with Crippen LogP contribution in [0.25, 0.3) is 0 Å². The highest BCUT2D eigenvalue weighted by atomic mass is 35.5. The van der Waals surface area contributed by atoms with Crippen molar-refractivity contribution in [2.24, 2.45) is 13.0 Å². The average Bonchev–Trinajstić information content (AvgIpc) is 2.57. The van der Waals surface area contributed by atoms with E-state index in [0.29, 0.717) is 11.4 Å². The summed E-state index contributed by atoms with van der Waals surface area (Å²) in [5.41, 5.74) is 1.58. The zero-order valence-corrected chi connectivity index (χ0v) is 11.1. The van der Waals surface area contributed by atoms with Gasteiger partial charge in [-0.1, -0.05) is 11.6 Å². The highest BCUT2D eigenvalue weighted by Crippen LogP contribution is 2.25. The molecule has 0 spiro atoms. The molecule has 2 unspecified atom stereocenters. The van der Waals surface area contributed by atoms with Crippen LogP contribution in [0.4, 0.5) is 4.39 Å². The molecule has 96 valence electrons. The van der Waals surface area contributed by atoms with Crippen LogP contribution in [-0.2, 0) is 13.5 Å². The lowest BCUT2D eigenvalue weighted by atomic mass is 9.92. The van der Waals surface area contributed by atoms with Crippen LogP contribution in [0.2, 0.25) is 5.02 Å². The van der Waals surface area contributed by atoms with Crippen LogP contribution < -0.4 is 5.32 Å². The van der Waals surface area contributed by atoms with Crippen molar-refractivity contribution in [3.8, 4) is 0 Å². The van der Waals surface area contributed by atoms with E-state index in [1.807, 2.05) is 14.0 Å². The van der Waals surface area contributed by atoms with Crippen LogP contribution in [-0.4, -0.2) is 29.0 Å². The Bertz CT molecular complexity index is 385. The number of halogens is 2. The maximum atomic E-state index is 14.2. The first-order chi connectivity index (χ1) is 8.09. The second kappa shape index (κ2) is 5.36. The summed E-state index contributed by atoms with van der Waals surface area (Å²) in [6.45, 7) is 3.63. The van der Waals surface area contributed by atoms with Gasteiger partial charge < -0.3 is 5.32 Å². The number of rotatable bonds is 3. The third-order valence-electron chi connectivity index (χ3n) is 3.50. The fraction of sp³-hybridized carbons (Fsp3) is 0.750. The van der Waals surface area contributed by atoms with Crippen LogP contribution in [0.15, 0.2) is 0 Å². The summed E-state index contributed by atoms with van der Waals surface area (Å²) in [5, 5.41) is 8.06. The van der Waals surface area contributed by atoms with Gasteiger partial charge in [0.25, 0.3) is 0 Å². The van der Waals surface area contributed by atoms with Crippen molar-refractivity contribution in [1.82, 2.24) is 15.1 Å². The third kappa shape index (κ3) is 2.80. The number of nitrogens with one attached hydrogen (secondary N) is 1. The molecule has 17 heavy (non-hydrogen) atoms. The van der Waals surface area contributed by atoms with Crippen LogP contribution in [0.5, 0.6) is 0 Å². The highest BCUT2D eigenvalue weighted by Gasteiger charge is 2.25. The molecule has 5 heteroatoms. The van der Waals surface area contributed by atoms with E-state index in [0.717, 1.165) is 37.3 Å². The van der Waals surface area contributed by atoms with Gasteiger partial charge in [-0.2, -0.15) is 5.10 Å². The fourth-order valence-electron chi connectivity index (χ4n) is 2.44. The van der Waals surface area contributed by atoms with Gasteiger partial charge in [0.2, 0.25) is 0 Å². The Morgan fingerprint density at radius 3 is 2.94 bits per heavy atom. The first-order valence-corrected chi connectivity index (χ1v) is 6.50. The van der Waals surface area contributed by atoms with Crippen molar-refractivity contribution < 1.29 is 4.39 Å². The van der Waals surface area contributed by atoms with E-state index in [2.05, 4.69) is 10.4 Å². The molecule has 0 radical (unpaired) electrons. The number of aromatic nitrogens is 2. The maximum absolute atomic E-state index is 14.2. The van der Waals surface area contributed by atoms with Crippen LogP contribution in [0.3, 0.4) is 0 Å². The summed E-state index contributed by atoms with van der Waals surface area (Å²) in [4.78, 5) is 0. The maximum Gasteiger partial charge on any atom is 0.110 e. The number of hydrogen-bond acceptors (Lipinski definition) is 2. The van der Waals surface area contributed by atoms with Crippen LogP contribution in [0.1, 0.15) is 24.2 Å². The Morgan fingerprint density at radius 2 is 2.41 bits per heavy atom. The Morgan fingerprint density at radius 1 is 1.65 bits per heavy atom. The van der Waals surface area contributed by atoms with Gasteiger partial charge in [0.15, 0.2) is 0 Å². The van der Waals surface area contributed by atoms with Crippen molar-refractivity contribution in [3.05, 3.63) is 16.4 Å². The van der Waals surface area contributed by atoms with E-state index in [4.69, 9.17) is 11.6 Å². The van der Waals surface area contributed by atoms with Crippen molar-refractivity contribution in [2.75, 3.05) is 13.1 Å². The summed E-state index contributed by atoms with van der Waals surface area (Å²) >= 11 is 6.13. The molecule has 1 aliphatic rings. The number of piperidine rings is 1. The molecule has 1 N–H and O–H groups in total. The number of hydrogen-bond donors (Lipinski definition) is 1. The topological polar surface area (TPSA) is 29.9 Å². The molecule has 1 aromatic heterocycles. The zero-order chi connectivity index (χ0) is 12.4. The van der Waals surface area contributed by atoms with Gasteiger partial charge in [-0.05, 0) is 26.3 Å². The largest absolute Gasteiger partial charge is 0.316 e. The van der Waals surface area contributed by atoms with E-state index < -0.39 is 6.17 Å². The zero-order valence-electron chi connectivity index (χ0n) is 10.3. The van der Waals surface area contributed by atoms with E-state index in [-0.39, 0.29) is 5.92 Å². The minimum Gasteiger partial charge on any atom is -0.316 e. The predicted octanol–water partition coefficient (Wildman–Crippen LogP) is 2.26. The molecule has 0 aliphatic carbocycles. The summed E-state index contributed by atoms with van der Waals surface area (Å²) in [6, 6.07) is 0. The lowest BCUT2D eigenvalue weighted by Gasteiger charge is -2.25. The minimum absolute atomic E-state index is 0.107. The molecule has 1 aliphatic heterocycles. The Balaban J connectivity index is 2.04. The molecule has 0 amide bonds. The molecule has 1 aromatic rings. The molecule has 2 atom stereocenters. The minimum atomic E-state index is -0.838. The van der Waals surface area contributed by atoms with Crippen molar-refractivity contribution in [3.63, 3.8) is 0 Å². The molecular weight excluding hydrogens is 241 g/mol. The first-order valence-electron chi connectivity index (χ1n) is 6.12. The van der Waals surface area contributed by atoms with Gasteiger partial charge in [-0.15, -0.1) is 0 Å². The molecule has 0 saturated carbocycles. The van der Waals surface area contributed by atoms with E-state index >= 15 is 0 Å². The molecular formula is C12H19ClFN3. The quantitative estimate of drug-likeness (QED) is 0.903. The molecule has 1 fully saturated rings. The smallest absolute Gasteiger partial charge is 0.110 e. The standard InChI is InChI=1S/C12H19ClFN3/c1-8-12(13)11(17(2)16-8)6-10(14)9-4-3-5-15-7-9/h9-10,15H,3-7H2,1-2H3. The van der Waals surface area contributed by atoms with Gasteiger partial charge in [-0.25, -0.2) is 4.39 Å². The molecule has 3 nitrogen and oxygen atoms in total. The second-order valence-corrected chi connectivity index (χ2v) is 5.17. The van der Waals surface area contributed by atoms with Crippen molar-refractivity contribution in [2.45, 2.75) is 32.4 Å². The van der Waals surface area contributed by atoms with Gasteiger partial charge in [0.1, 0.15) is 6.17 Å².